The van der Waals surface area contributed by atoms with Crippen LogP contribution in [0.15, 0.2) is 79.1 Å². The summed E-state index contributed by atoms with van der Waals surface area (Å²) in [6, 6.07) is 22.5. The van der Waals surface area contributed by atoms with E-state index < -0.39 is 0 Å². The fraction of sp³-hybridized carbons (Fsp3) is 0.217. The number of amides is 1. The second kappa shape index (κ2) is 8.95. The number of hydrogen-bond acceptors (Lipinski definition) is 2. The third kappa shape index (κ3) is 4.79. The minimum atomic E-state index is 0.0679. The quantitative estimate of drug-likeness (QED) is 0.695. The Morgan fingerprint density at radius 3 is 2.38 bits per heavy atom. The Balaban J connectivity index is 1.68. The van der Waals surface area contributed by atoms with Gasteiger partial charge in [0.05, 0.1) is 0 Å². The summed E-state index contributed by atoms with van der Waals surface area (Å²) >= 11 is 0. The van der Waals surface area contributed by atoms with Gasteiger partial charge in [-0.15, -0.1) is 0 Å². The van der Waals surface area contributed by atoms with Crippen LogP contribution in [0.4, 0.5) is 0 Å². The molecule has 1 N–H and O–H groups in total. The topological polar surface area (TPSA) is 42.0 Å². The van der Waals surface area contributed by atoms with Crippen LogP contribution < -0.4 is 5.32 Å². The molecule has 26 heavy (non-hydrogen) atoms. The molecular formula is C23H24N2O. The maximum Gasteiger partial charge on any atom is 0.220 e. The van der Waals surface area contributed by atoms with Crippen LogP contribution in [0, 0.1) is 6.92 Å². The molecular weight excluding hydrogens is 320 g/mol. The minimum Gasteiger partial charge on any atom is -0.356 e. The molecule has 0 aliphatic carbocycles. The van der Waals surface area contributed by atoms with Gasteiger partial charge < -0.3 is 5.32 Å². The van der Waals surface area contributed by atoms with Crippen molar-refractivity contribution in [2.45, 2.75) is 25.7 Å². The molecule has 0 spiro atoms. The van der Waals surface area contributed by atoms with E-state index in [0.717, 1.165) is 6.42 Å². The van der Waals surface area contributed by atoms with Crippen LogP contribution in [0.1, 0.15) is 34.6 Å². The summed E-state index contributed by atoms with van der Waals surface area (Å²) in [5, 5.41) is 3.06. The van der Waals surface area contributed by atoms with E-state index in [1.807, 2.05) is 42.5 Å². The number of nitrogens with one attached hydrogen (secondary N) is 1. The molecule has 0 radical (unpaired) electrons. The number of pyridine rings is 1. The Kier molecular flexibility index (Phi) is 6.15. The lowest BCUT2D eigenvalue weighted by Gasteiger charge is -2.20. The molecule has 2 aromatic carbocycles. The summed E-state index contributed by atoms with van der Waals surface area (Å²) in [6.07, 6.45) is 4.82. The Morgan fingerprint density at radius 2 is 1.65 bits per heavy atom. The zero-order chi connectivity index (χ0) is 18.2. The molecule has 3 rings (SSSR count). The third-order valence-corrected chi connectivity index (χ3v) is 4.64. The van der Waals surface area contributed by atoms with Crippen molar-refractivity contribution in [2.24, 2.45) is 0 Å². The van der Waals surface area contributed by atoms with Crippen molar-refractivity contribution in [1.29, 1.82) is 0 Å². The van der Waals surface area contributed by atoms with E-state index in [9.17, 15) is 4.79 Å². The molecule has 1 heterocycles. The van der Waals surface area contributed by atoms with Gasteiger partial charge in [-0.3, -0.25) is 9.78 Å². The average molecular weight is 344 g/mol. The van der Waals surface area contributed by atoms with Gasteiger partial charge in [0, 0.05) is 31.3 Å². The molecule has 3 aromatic rings. The molecule has 3 nitrogen and oxygen atoms in total. The van der Waals surface area contributed by atoms with Gasteiger partial charge in [-0.25, -0.2) is 0 Å². The third-order valence-electron chi connectivity index (χ3n) is 4.64. The summed E-state index contributed by atoms with van der Waals surface area (Å²) in [4.78, 5) is 16.6. The molecule has 0 saturated heterocycles. The second-order valence-electron chi connectivity index (χ2n) is 6.48. The van der Waals surface area contributed by atoms with E-state index in [1.54, 1.807) is 12.4 Å². The van der Waals surface area contributed by atoms with Crippen LogP contribution in [-0.4, -0.2) is 17.4 Å². The lowest BCUT2D eigenvalue weighted by molar-refractivity contribution is -0.121. The van der Waals surface area contributed by atoms with Gasteiger partial charge in [0.2, 0.25) is 5.91 Å². The number of benzene rings is 2. The molecule has 0 bridgehead atoms. The van der Waals surface area contributed by atoms with Crippen LogP contribution in [0.3, 0.4) is 0 Å². The SMILES string of the molecule is Cc1ccccc1[C@@H](CC(=O)NCCc1ccncc1)c1ccccc1. The Morgan fingerprint density at radius 1 is 0.962 bits per heavy atom. The Bertz CT molecular complexity index is 831. The highest BCUT2D eigenvalue weighted by Gasteiger charge is 2.19. The molecule has 1 atom stereocenters. The van der Waals surface area contributed by atoms with Crippen molar-refractivity contribution < 1.29 is 4.79 Å². The largest absolute Gasteiger partial charge is 0.356 e. The Hall–Kier alpha value is -2.94. The van der Waals surface area contributed by atoms with Crippen LogP contribution in [0.25, 0.3) is 0 Å². The molecule has 132 valence electrons. The van der Waals surface area contributed by atoms with Gasteiger partial charge in [0.25, 0.3) is 0 Å². The first kappa shape index (κ1) is 17.9. The summed E-state index contributed by atoms with van der Waals surface area (Å²) in [7, 11) is 0. The lowest BCUT2D eigenvalue weighted by Crippen LogP contribution is -2.27. The second-order valence-corrected chi connectivity index (χ2v) is 6.48. The summed E-state index contributed by atoms with van der Waals surface area (Å²) in [6.45, 7) is 2.74. The van der Waals surface area contributed by atoms with Crippen molar-refractivity contribution in [3.63, 3.8) is 0 Å². The van der Waals surface area contributed by atoms with Crippen molar-refractivity contribution in [3.8, 4) is 0 Å². The number of hydrogen-bond donors (Lipinski definition) is 1. The predicted molar refractivity (Wildman–Crippen MR) is 105 cm³/mol. The highest BCUT2D eigenvalue weighted by Crippen LogP contribution is 2.30. The minimum absolute atomic E-state index is 0.0679. The number of nitrogens with zero attached hydrogens (tertiary/aromatic N) is 1. The molecule has 3 heteroatoms. The van der Waals surface area contributed by atoms with Gasteiger partial charge >= 0.3 is 0 Å². The maximum absolute atomic E-state index is 12.6. The number of carbonyl (C=O) groups is 1. The standard InChI is InChI=1S/C23H24N2O/c1-18-7-5-6-10-21(18)22(20-8-3-2-4-9-20)17-23(26)25-16-13-19-11-14-24-15-12-19/h2-12,14-15,22H,13,16-17H2,1H3,(H,25,26)/t22-/m0/s1. The summed E-state index contributed by atoms with van der Waals surface area (Å²) in [5.74, 6) is 0.148. The zero-order valence-electron chi connectivity index (χ0n) is 15.1. The maximum atomic E-state index is 12.6. The first-order valence-corrected chi connectivity index (χ1v) is 9.00. The van der Waals surface area contributed by atoms with Crippen LogP contribution in [0.2, 0.25) is 0 Å². The molecule has 1 amide bonds. The molecule has 0 aliphatic heterocycles. The van der Waals surface area contributed by atoms with Crippen molar-refractivity contribution in [1.82, 2.24) is 10.3 Å². The molecule has 0 saturated carbocycles. The zero-order valence-corrected chi connectivity index (χ0v) is 15.1. The number of aromatic nitrogens is 1. The lowest BCUT2D eigenvalue weighted by atomic mass is 9.86. The van der Waals surface area contributed by atoms with Crippen LogP contribution in [-0.2, 0) is 11.2 Å². The number of aryl methyl sites for hydroxylation is 1. The van der Waals surface area contributed by atoms with Crippen LogP contribution in [0.5, 0.6) is 0 Å². The number of carbonyl (C=O) groups excluding carboxylic acids is 1. The van der Waals surface area contributed by atoms with E-state index in [4.69, 9.17) is 0 Å². The van der Waals surface area contributed by atoms with E-state index in [1.165, 1.54) is 22.3 Å². The fourth-order valence-electron chi connectivity index (χ4n) is 3.22. The fourth-order valence-corrected chi connectivity index (χ4v) is 3.22. The normalized spacial score (nSPS) is 11.7. The van der Waals surface area contributed by atoms with Gasteiger partial charge in [0.15, 0.2) is 0 Å². The van der Waals surface area contributed by atoms with Gasteiger partial charge in [-0.1, -0.05) is 54.6 Å². The molecule has 0 unspecified atom stereocenters. The first-order valence-electron chi connectivity index (χ1n) is 9.00. The van der Waals surface area contributed by atoms with Crippen molar-refractivity contribution in [2.75, 3.05) is 6.54 Å². The Labute approximate surface area is 155 Å². The highest BCUT2D eigenvalue weighted by atomic mass is 16.1. The van der Waals surface area contributed by atoms with E-state index in [2.05, 4.69) is 41.5 Å². The van der Waals surface area contributed by atoms with Crippen molar-refractivity contribution >= 4 is 5.91 Å². The van der Waals surface area contributed by atoms with Crippen LogP contribution >= 0.6 is 0 Å². The van der Waals surface area contributed by atoms with E-state index in [0.29, 0.717) is 13.0 Å². The van der Waals surface area contributed by atoms with E-state index >= 15 is 0 Å². The summed E-state index contributed by atoms with van der Waals surface area (Å²) < 4.78 is 0. The molecule has 0 fully saturated rings. The van der Waals surface area contributed by atoms with Gasteiger partial charge in [0.1, 0.15) is 0 Å². The van der Waals surface area contributed by atoms with Gasteiger partial charge in [-0.2, -0.15) is 0 Å². The predicted octanol–water partition coefficient (Wildman–Crippen LogP) is 4.27. The highest BCUT2D eigenvalue weighted by molar-refractivity contribution is 5.77. The first-order chi connectivity index (χ1) is 12.7. The smallest absolute Gasteiger partial charge is 0.220 e. The monoisotopic (exact) mass is 344 g/mol. The summed E-state index contributed by atoms with van der Waals surface area (Å²) in [5.41, 5.74) is 4.78. The van der Waals surface area contributed by atoms with Crippen molar-refractivity contribution in [3.05, 3.63) is 101 Å². The average Bonchev–Trinajstić information content (AvgIpc) is 2.68. The van der Waals surface area contributed by atoms with Gasteiger partial charge in [-0.05, 0) is 47.7 Å². The van der Waals surface area contributed by atoms with E-state index in [-0.39, 0.29) is 11.8 Å². The molecule has 0 aliphatic rings. The molecule has 1 aromatic heterocycles. The number of rotatable bonds is 7.